The second-order valence-electron chi connectivity index (χ2n) is 6.10. The van der Waals surface area contributed by atoms with Gasteiger partial charge in [-0.25, -0.2) is 0 Å². The summed E-state index contributed by atoms with van der Waals surface area (Å²) in [5.74, 6) is 0.249. The molecule has 1 amide bonds. The number of piperazine rings is 1. The molecular weight excluding hydrogens is 352 g/mol. The van der Waals surface area contributed by atoms with Crippen molar-refractivity contribution in [2.24, 2.45) is 0 Å². The van der Waals surface area contributed by atoms with Crippen LogP contribution in [0.3, 0.4) is 0 Å². The van der Waals surface area contributed by atoms with E-state index < -0.39 is 0 Å². The SMILES string of the molecule is O=C(Cc1ccccc1)N1CC[NH+](Cc2ccc(Br)cc2)CC1. The standard InChI is InChI=1S/C19H21BrN2O/c20-18-8-6-17(7-9-18)15-21-10-12-22(13-11-21)19(23)14-16-4-2-1-3-5-16/h1-9H,10-15H2/p+1. The quantitative estimate of drug-likeness (QED) is 0.869. The molecule has 0 spiro atoms. The van der Waals surface area contributed by atoms with E-state index in [2.05, 4.69) is 40.2 Å². The maximum atomic E-state index is 12.4. The predicted molar refractivity (Wildman–Crippen MR) is 95.3 cm³/mol. The van der Waals surface area contributed by atoms with Crippen LogP contribution in [0.25, 0.3) is 0 Å². The van der Waals surface area contributed by atoms with Crippen LogP contribution < -0.4 is 4.90 Å². The first-order chi connectivity index (χ1) is 11.2. The molecular formula is C19H22BrN2O+. The Bertz CT molecular complexity index is 634. The third-order valence-electron chi connectivity index (χ3n) is 4.39. The van der Waals surface area contributed by atoms with E-state index in [0.29, 0.717) is 6.42 Å². The largest absolute Gasteiger partial charge is 0.331 e. The van der Waals surface area contributed by atoms with Gasteiger partial charge in [-0.3, -0.25) is 4.79 Å². The highest BCUT2D eigenvalue weighted by atomic mass is 79.9. The van der Waals surface area contributed by atoms with Crippen molar-refractivity contribution in [3.05, 3.63) is 70.2 Å². The second kappa shape index (κ2) is 7.75. The summed E-state index contributed by atoms with van der Waals surface area (Å²) in [6, 6.07) is 18.5. The van der Waals surface area contributed by atoms with Gasteiger partial charge < -0.3 is 9.80 Å². The van der Waals surface area contributed by atoms with E-state index in [0.717, 1.165) is 42.8 Å². The number of carbonyl (C=O) groups excluding carboxylic acids is 1. The summed E-state index contributed by atoms with van der Waals surface area (Å²) in [5, 5.41) is 0. The fourth-order valence-corrected chi connectivity index (χ4v) is 3.29. The van der Waals surface area contributed by atoms with Crippen LogP contribution in [0.5, 0.6) is 0 Å². The summed E-state index contributed by atoms with van der Waals surface area (Å²) in [5.41, 5.74) is 2.45. The van der Waals surface area contributed by atoms with Crippen molar-refractivity contribution < 1.29 is 9.69 Å². The number of nitrogens with one attached hydrogen (secondary N) is 1. The van der Waals surface area contributed by atoms with Crippen LogP contribution in [0, 0.1) is 0 Å². The zero-order valence-electron chi connectivity index (χ0n) is 13.2. The molecule has 1 aliphatic rings. The molecule has 3 nitrogen and oxygen atoms in total. The van der Waals surface area contributed by atoms with Crippen molar-refractivity contribution >= 4 is 21.8 Å². The average Bonchev–Trinajstić information content (AvgIpc) is 2.58. The van der Waals surface area contributed by atoms with Gasteiger partial charge in [0, 0.05) is 10.0 Å². The van der Waals surface area contributed by atoms with Crippen LogP contribution in [-0.4, -0.2) is 37.0 Å². The Hall–Kier alpha value is -1.65. The molecule has 0 aliphatic carbocycles. The molecule has 1 fully saturated rings. The third kappa shape index (κ3) is 4.66. The third-order valence-corrected chi connectivity index (χ3v) is 4.92. The van der Waals surface area contributed by atoms with Gasteiger partial charge in [-0.2, -0.15) is 0 Å². The molecule has 0 bridgehead atoms. The molecule has 1 saturated heterocycles. The number of hydrogen-bond donors (Lipinski definition) is 1. The number of carbonyl (C=O) groups is 1. The van der Waals surface area contributed by atoms with Crippen molar-refractivity contribution in [1.82, 2.24) is 4.90 Å². The number of amides is 1. The lowest BCUT2D eigenvalue weighted by atomic mass is 10.1. The molecule has 2 aromatic rings. The highest BCUT2D eigenvalue weighted by Gasteiger charge is 2.23. The minimum atomic E-state index is 0.249. The van der Waals surface area contributed by atoms with Crippen LogP contribution in [0.1, 0.15) is 11.1 Å². The topological polar surface area (TPSA) is 24.8 Å². The zero-order chi connectivity index (χ0) is 16.1. The lowest BCUT2D eigenvalue weighted by Gasteiger charge is -2.32. The number of benzene rings is 2. The van der Waals surface area contributed by atoms with Gasteiger partial charge in [-0.05, 0) is 17.7 Å². The number of hydrogen-bond acceptors (Lipinski definition) is 1. The highest BCUT2D eigenvalue weighted by Crippen LogP contribution is 2.10. The Morgan fingerprint density at radius 2 is 1.61 bits per heavy atom. The van der Waals surface area contributed by atoms with Gasteiger partial charge in [0.1, 0.15) is 6.54 Å². The van der Waals surface area contributed by atoms with E-state index in [9.17, 15) is 4.79 Å². The molecule has 0 atom stereocenters. The monoisotopic (exact) mass is 373 g/mol. The van der Waals surface area contributed by atoms with E-state index in [1.165, 1.54) is 5.56 Å². The van der Waals surface area contributed by atoms with Crippen LogP contribution in [-0.2, 0) is 17.8 Å². The molecule has 2 aromatic carbocycles. The Kier molecular flexibility index (Phi) is 5.47. The number of quaternary nitrogens is 1. The molecule has 4 heteroatoms. The molecule has 1 aliphatic heterocycles. The van der Waals surface area contributed by atoms with Gasteiger partial charge >= 0.3 is 0 Å². The van der Waals surface area contributed by atoms with Gasteiger partial charge in [0.2, 0.25) is 5.91 Å². The van der Waals surface area contributed by atoms with Crippen molar-refractivity contribution in [2.45, 2.75) is 13.0 Å². The Morgan fingerprint density at radius 1 is 0.957 bits per heavy atom. The molecule has 1 heterocycles. The minimum absolute atomic E-state index is 0.249. The first-order valence-electron chi connectivity index (χ1n) is 8.10. The summed E-state index contributed by atoms with van der Waals surface area (Å²) in [6.45, 7) is 4.80. The Morgan fingerprint density at radius 3 is 2.26 bits per heavy atom. The fourth-order valence-electron chi connectivity index (χ4n) is 3.02. The second-order valence-corrected chi connectivity index (χ2v) is 7.01. The van der Waals surface area contributed by atoms with Gasteiger partial charge in [0.15, 0.2) is 0 Å². The summed E-state index contributed by atoms with van der Waals surface area (Å²) in [6.07, 6.45) is 0.517. The molecule has 23 heavy (non-hydrogen) atoms. The summed E-state index contributed by atoms with van der Waals surface area (Å²) < 4.78 is 1.12. The zero-order valence-corrected chi connectivity index (χ0v) is 14.8. The van der Waals surface area contributed by atoms with Crippen molar-refractivity contribution in [3.8, 4) is 0 Å². The molecule has 0 aromatic heterocycles. The Balaban J connectivity index is 1.48. The highest BCUT2D eigenvalue weighted by molar-refractivity contribution is 9.10. The normalized spacial score (nSPS) is 15.6. The van der Waals surface area contributed by atoms with E-state index in [4.69, 9.17) is 0 Å². The number of nitrogens with zero attached hydrogens (tertiary/aromatic N) is 1. The average molecular weight is 374 g/mol. The molecule has 0 saturated carbocycles. The minimum Gasteiger partial charge on any atom is -0.331 e. The van der Waals surface area contributed by atoms with Crippen LogP contribution in [0.4, 0.5) is 0 Å². The van der Waals surface area contributed by atoms with E-state index in [1.54, 1.807) is 4.90 Å². The first-order valence-corrected chi connectivity index (χ1v) is 8.90. The predicted octanol–water partition coefficient (Wildman–Crippen LogP) is 1.92. The summed E-state index contributed by atoms with van der Waals surface area (Å²) in [7, 11) is 0. The maximum Gasteiger partial charge on any atom is 0.227 e. The summed E-state index contributed by atoms with van der Waals surface area (Å²) in [4.78, 5) is 15.9. The van der Waals surface area contributed by atoms with Crippen molar-refractivity contribution in [2.75, 3.05) is 26.2 Å². The lowest BCUT2D eigenvalue weighted by molar-refractivity contribution is -0.917. The van der Waals surface area contributed by atoms with Crippen molar-refractivity contribution in [1.29, 1.82) is 0 Å². The van der Waals surface area contributed by atoms with Gasteiger partial charge in [-0.15, -0.1) is 0 Å². The number of halogens is 1. The number of rotatable bonds is 4. The lowest BCUT2D eigenvalue weighted by Crippen LogP contribution is -3.13. The maximum absolute atomic E-state index is 12.4. The first kappa shape index (κ1) is 16.2. The molecule has 0 unspecified atom stereocenters. The van der Waals surface area contributed by atoms with E-state index in [1.807, 2.05) is 35.2 Å². The molecule has 120 valence electrons. The van der Waals surface area contributed by atoms with Crippen LogP contribution in [0.2, 0.25) is 0 Å². The fraction of sp³-hybridized carbons (Fsp3) is 0.316. The van der Waals surface area contributed by atoms with Gasteiger partial charge in [-0.1, -0.05) is 58.4 Å². The van der Waals surface area contributed by atoms with Gasteiger partial charge in [0.25, 0.3) is 0 Å². The molecule has 1 N–H and O–H groups in total. The van der Waals surface area contributed by atoms with Crippen LogP contribution >= 0.6 is 15.9 Å². The van der Waals surface area contributed by atoms with E-state index >= 15 is 0 Å². The van der Waals surface area contributed by atoms with E-state index in [-0.39, 0.29) is 5.91 Å². The van der Waals surface area contributed by atoms with Crippen molar-refractivity contribution in [3.63, 3.8) is 0 Å². The molecule has 3 rings (SSSR count). The van der Waals surface area contributed by atoms with Crippen LogP contribution in [0.15, 0.2) is 59.1 Å². The molecule has 0 radical (unpaired) electrons. The van der Waals surface area contributed by atoms with Gasteiger partial charge in [0.05, 0.1) is 32.6 Å². The smallest absolute Gasteiger partial charge is 0.227 e. The Labute approximate surface area is 146 Å². The summed E-state index contributed by atoms with van der Waals surface area (Å²) >= 11 is 3.47.